The van der Waals surface area contributed by atoms with Crippen molar-refractivity contribution in [1.29, 1.82) is 0 Å². The fourth-order valence-corrected chi connectivity index (χ4v) is 4.32. The molecule has 1 aliphatic heterocycles. The first kappa shape index (κ1) is 20.3. The molecule has 1 atom stereocenters. The SMILES string of the molecule is CC(Sc1nnc(-c2ccc(F)cc2)c2ccccc12)C(=O)Nc1ccc2c(c1)OCO2. The van der Waals surface area contributed by atoms with Crippen LogP contribution in [0.4, 0.5) is 10.1 Å². The Morgan fingerprint density at radius 3 is 2.56 bits per heavy atom. The van der Waals surface area contributed by atoms with E-state index in [1.165, 1.54) is 23.9 Å². The van der Waals surface area contributed by atoms with Crippen LogP contribution < -0.4 is 14.8 Å². The summed E-state index contributed by atoms with van der Waals surface area (Å²) in [6.07, 6.45) is 0. The fraction of sp³-hybridized carbons (Fsp3) is 0.125. The van der Waals surface area contributed by atoms with Crippen LogP contribution in [0.3, 0.4) is 0 Å². The maximum atomic E-state index is 13.3. The van der Waals surface area contributed by atoms with Gasteiger partial charge in [0.2, 0.25) is 12.7 Å². The van der Waals surface area contributed by atoms with Crippen molar-refractivity contribution in [3.05, 3.63) is 72.5 Å². The fourth-order valence-electron chi connectivity index (χ4n) is 3.43. The van der Waals surface area contributed by atoms with E-state index in [0.717, 1.165) is 16.3 Å². The summed E-state index contributed by atoms with van der Waals surface area (Å²) in [5, 5.41) is 13.7. The number of aromatic nitrogens is 2. The van der Waals surface area contributed by atoms with Crippen molar-refractivity contribution in [1.82, 2.24) is 10.2 Å². The third-order valence-electron chi connectivity index (χ3n) is 5.07. The molecule has 160 valence electrons. The van der Waals surface area contributed by atoms with Crippen molar-refractivity contribution in [3.8, 4) is 22.8 Å². The van der Waals surface area contributed by atoms with Gasteiger partial charge in [0.05, 0.1) is 5.25 Å². The largest absolute Gasteiger partial charge is 0.454 e. The van der Waals surface area contributed by atoms with E-state index in [4.69, 9.17) is 9.47 Å². The number of carbonyl (C=O) groups is 1. The Hall–Kier alpha value is -3.65. The molecule has 1 aromatic heterocycles. The Balaban J connectivity index is 1.38. The van der Waals surface area contributed by atoms with Crippen LogP contribution in [-0.2, 0) is 4.79 Å². The van der Waals surface area contributed by atoms with E-state index < -0.39 is 5.25 Å². The van der Waals surface area contributed by atoms with Crippen molar-refractivity contribution in [2.24, 2.45) is 0 Å². The maximum absolute atomic E-state index is 13.3. The van der Waals surface area contributed by atoms with Gasteiger partial charge in [-0.25, -0.2) is 4.39 Å². The zero-order valence-electron chi connectivity index (χ0n) is 17.0. The smallest absolute Gasteiger partial charge is 0.237 e. The lowest BCUT2D eigenvalue weighted by atomic mass is 10.1. The van der Waals surface area contributed by atoms with Gasteiger partial charge in [0.15, 0.2) is 11.5 Å². The summed E-state index contributed by atoms with van der Waals surface area (Å²) < 4.78 is 24.0. The van der Waals surface area contributed by atoms with Gasteiger partial charge < -0.3 is 14.8 Å². The van der Waals surface area contributed by atoms with Crippen LogP contribution in [0.5, 0.6) is 11.5 Å². The highest BCUT2D eigenvalue weighted by Gasteiger charge is 2.20. The van der Waals surface area contributed by atoms with Gasteiger partial charge >= 0.3 is 0 Å². The Kier molecular flexibility index (Phi) is 5.36. The van der Waals surface area contributed by atoms with Crippen LogP contribution in [0.1, 0.15) is 6.92 Å². The number of anilines is 1. The lowest BCUT2D eigenvalue weighted by Gasteiger charge is -2.14. The Morgan fingerprint density at radius 1 is 1.00 bits per heavy atom. The first-order valence-corrected chi connectivity index (χ1v) is 10.8. The summed E-state index contributed by atoms with van der Waals surface area (Å²) in [6, 6.07) is 19.2. The third-order valence-corrected chi connectivity index (χ3v) is 6.16. The molecule has 1 aliphatic rings. The van der Waals surface area contributed by atoms with Crippen molar-refractivity contribution < 1.29 is 18.7 Å². The number of ether oxygens (including phenoxy) is 2. The number of thioether (sulfide) groups is 1. The van der Waals surface area contributed by atoms with Gasteiger partial charge in [-0.2, -0.15) is 0 Å². The predicted molar refractivity (Wildman–Crippen MR) is 121 cm³/mol. The monoisotopic (exact) mass is 447 g/mol. The van der Waals surface area contributed by atoms with E-state index in [2.05, 4.69) is 15.5 Å². The number of fused-ring (bicyclic) bond motifs is 2. The number of benzene rings is 3. The summed E-state index contributed by atoms with van der Waals surface area (Å²) in [6.45, 7) is 2.00. The first-order valence-electron chi connectivity index (χ1n) is 9.97. The summed E-state index contributed by atoms with van der Waals surface area (Å²) in [5.41, 5.74) is 2.08. The van der Waals surface area contributed by atoms with Crippen molar-refractivity contribution in [2.75, 3.05) is 12.1 Å². The van der Waals surface area contributed by atoms with Gasteiger partial charge in [0.1, 0.15) is 16.5 Å². The predicted octanol–water partition coefficient (Wildman–Crippen LogP) is 5.28. The minimum atomic E-state index is -0.421. The lowest BCUT2D eigenvalue weighted by Crippen LogP contribution is -2.22. The average molecular weight is 447 g/mol. The minimum absolute atomic E-state index is 0.164. The van der Waals surface area contributed by atoms with E-state index in [1.807, 2.05) is 31.2 Å². The lowest BCUT2D eigenvalue weighted by molar-refractivity contribution is -0.115. The highest BCUT2D eigenvalue weighted by atomic mass is 32.2. The topological polar surface area (TPSA) is 73.3 Å². The molecule has 3 aromatic carbocycles. The number of hydrogen-bond donors (Lipinski definition) is 1. The number of rotatable bonds is 5. The van der Waals surface area contributed by atoms with Gasteiger partial charge in [-0.05, 0) is 43.3 Å². The van der Waals surface area contributed by atoms with E-state index in [0.29, 0.717) is 27.9 Å². The molecular formula is C24H18FN3O3S. The molecule has 0 bridgehead atoms. The number of carbonyl (C=O) groups excluding carboxylic acids is 1. The maximum Gasteiger partial charge on any atom is 0.237 e. The third kappa shape index (κ3) is 3.97. The molecule has 0 fully saturated rings. The normalized spacial score (nSPS) is 13.2. The number of nitrogens with one attached hydrogen (secondary N) is 1. The Bertz CT molecular complexity index is 1310. The van der Waals surface area contributed by atoms with Crippen LogP contribution >= 0.6 is 11.8 Å². The summed E-state index contributed by atoms with van der Waals surface area (Å²) >= 11 is 1.33. The number of nitrogens with zero attached hydrogens (tertiary/aromatic N) is 2. The minimum Gasteiger partial charge on any atom is -0.454 e. The molecule has 0 spiro atoms. The van der Waals surface area contributed by atoms with Crippen LogP contribution in [-0.4, -0.2) is 28.1 Å². The van der Waals surface area contributed by atoms with E-state index in [1.54, 1.807) is 30.3 Å². The van der Waals surface area contributed by atoms with Crippen molar-refractivity contribution in [2.45, 2.75) is 17.2 Å². The summed E-state index contributed by atoms with van der Waals surface area (Å²) in [7, 11) is 0. The highest BCUT2D eigenvalue weighted by Crippen LogP contribution is 2.36. The number of halogens is 1. The van der Waals surface area contributed by atoms with Gasteiger partial charge in [-0.15, -0.1) is 10.2 Å². The van der Waals surface area contributed by atoms with E-state index in [-0.39, 0.29) is 18.5 Å². The molecule has 2 heterocycles. The summed E-state index contributed by atoms with van der Waals surface area (Å²) in [5.74, 6) is 0.799. The zero-order chi connectivity index (χ0) is 22.1. The van der Waals surface area contributed by atoms with Crippen LogP contribution in [0, 0.1) is 5.82 Å². The van der Waals surface area contributed by atoms with Gasteiger partial charge in [0, 0.05) is 28.1 Å². The molecule has 1 amide bonds. The molecule has 0 radical (unpaired) electrons. The standard InChI is InChI=1S/C24H18FN3O3S/c1-14(23(29)26-17-10-11-20-21(12-17)31-13-30-20)32-24-19-5-3-2-4-18(19)22(27-28-24)15-6-8-16(25)9-7-15/h2-12,14H,13H2,1H3,(H,26,29). The second-order valence-electron chi connectivity index (χ2n) is 7.22. The first-order chi connectivity index (χ1) is 15.6. The quantitative estimate of drug-likeness (QED) is 0.420. The summed E-state index contributed by atoms with van der Waals surface area (Å²) in [4.78, 5) is 12.8. The molecule has 1 unspecified atom stereocenters. The van der Waals surface area contributed by atoms with Crippen LogP contribution in [0.15, 0.2) is 71.8 Å². The second-order valence-corrected chi connectivity index (χ2v) is 8.55. The number of amides is 1. The van der Waals surface area contributed by atoms with Crippen LogP contribution in [0.2, 0.25) is 0 Å². The zero-order valence-corrected chi connectivity index (χ0v) is 17.9. The Morgan fingerprint density at radius 2 is 1.75 bits per heavy atom. The molecular weight excluding hydrogens is 429 g/mol. The molecule has 8 heteroatoms. The average Bonchev–Trinajstić information content (AvgIpc) is 3.28. The highest BCUT2D eigenvalue weighted by molar-refractivity contribution is 8.00. The Labute approximate surface area is 187 Å². The van der Waals surface area contributed by atoms with E-state index in [9.17, 15) is 9.18 Å². The number of hydrogen-bond acceptors (Lipinski definition) is 6. The molecule has 6 nitrogen and oxygen atoms in total. The molecule has 5 rings (SSSR count). The molecule has 0 aliphatic carbocycles. The van der Waals surface area contributed by atoms with Crippen LogP contribution in [0.25, 0.3) is 22.0 Å². The van der Waals surface area contributed by atoms with Gasteiger partial charge in [-0.3, -0.25) is 4.79 Å². The van der Waals surface area contributed by atoms with Crippen molar-refractivity contribution in [3.63, 3.8) is 0 Å². The van der Waals surface area contributed by atoms with Crippen molar-refractivity contribution >= 4 is 34.1 Å². The van der Waals surface area contributed by atoms with Gasteiger partial charge in [-0.1, -0.05) is 36.0 Å². The van der Waals surface area contributed by atoms with E-state index >= 15 is 0 Å². The molecule has 4 aromatic rings. The van der Waals surface area contributed by atoms with Gasteiger partial charge in [0.25, 0.3) is 0 Å². The molecule has 1 N–H and O–H groups in total. The second kappa shape index (κ2) is 8.47. The molecule has 0 saturated heterocycles. The molecule has 0 saturated carbocycles. The molecule has 32 heavy (non-hydrogen) atoms.